The number of aliphatic carboxylic acids is 1. The Morgan fingerprint density at radius 1 is 1.32 bits per heavy atom. The number of carbonyl (C=O) groups is 1. The lowest BCUT2D eigenvalue weighted by atomic mass is 9.84. The zero-order chi connectivity index (χ0) is 17.5. The summed E-state index contributed by atoms with van der Waals surface area (Å²) in [4.78, 5) is 19.7. The van der Waals surface area contributed by atoms with E-state index in [2.05, 4.69) is 15.1 Å². The van der Waals surface area contributed by atoms with Gasteiger partial charge in [-0.25, -0.2) is 0 Å². The summed E-state index contributed by atoms with van der Waals surface area (Å²) < 4.78 is 5.32. The summed E-state index contributed by atoms with van der Waals surface area (Å²) in [6, 6.07) is 3.65. The highest BCUT2D eigenvalue weighted by Gasteiger charge is 2.23. The van der Waals surface area contributed by atoms with Gasteiger partial charge in [0.1, 0.15) is 0 Å². The third-order valence-electron chi connectivity index (χ3n) is 5.03. The minimum absolute atomic E-state index is 0.0384. The molecule has 25 heavy (non-hydrogen) atoms. The maximum absolute atomic E-state index is 11.2. The molecule has 0 aromatic carbocycles. The first-order chi connectivity index (χ1) is 12.2. The fourth-order valence-corrected chi connectivity index (χ4v) is 3.67. The quantitative estimate of drug-likeness (QED) is 0.762. The highest BCUT2D eigenvalue weighted by atomic mass is 16.5. The zero-order valence-electron chi connectivity index (χ0n) is 14.4. The van der Waals surface area contributed by atoms with Crippen molar-refractivity contribution in [3.8, 4) is 11.5 Å². The second kappa shape index (κ2) is 8.74. The van der Waals surface area contributed by atoms with E-state index in [4.69, 9.17) is 4.52 Å². The highest BCUT2D eigenvalue weighted by Crippen LogP contribution is 2.31. The van der Waals surface area contributed by atoms with Crippen LogP contribution in [0.4, 0.5) is 0 Å². The predicted octanol–water partition coefficient (Wildman–Crippen LogP) is 4.44. The average molecular weight is 343 g/mol. The van der Waals surface area contributed by atoms with Crippen molar-refractivity contribution in [3.05, 3.63) is 30.4 Å². The van der Waals surface area contributed by atoms with Gasteiger partial charge in [-0.2, -0.15) is 4.98 Å². The van der Waals surface area contributed by atoms with Gasteiger partial charge in [-0.05, 0) is 24.5 Å². The van der Waals surface area contributed by atoms with Crippen LogP contribution >= 0.6 is 0 Å². The van der Waals surface area contributed by atoms with Crippen molar-refractivity contribution in [3.63, 3.8) is 0 Å². The molecule has 2 aromatic rings. The summed E-state index contributed by atoms with van der Waals surface area (Å²) in [5.41, 5.74) is 0.748. The van der Waals surface area contributed by atoms with Crippen LogP contribution < -0.4 is 0 Å². The van der Waals surface area contributed by atoms with Crippen molar-refractivity contribution in [1.82, 2.24) is 15.1 Å². The molecule has 1 saturated carbocycles. The number of pyridine rings is 1. The number of nitrogens with zero attached hydrogens (tertiary/aromatic N) is 3. The van der Waals surface area contributed by atoms with Crippen LogP contribution in [0, 0.1) is 5.92 Å². The fraction of sp³-hybridized carbons (Fsp3) is 0.579. The van der Waals surface area contributed by atoms with E-state index in [-0.39, 0.29) is 12.3 Å². The number of hydrogen-bond donors (Lipinski definition) is 1. The molecule has 0 bridgehead atoms. The summed E-state index contributed by atoms with van der Waals surface area (Å²) in [6.45, 7) is 0. The van der Waals surface area contributed by atoms with Crippen LogP contribution in [0.3, 0.4) is 0 Å². The zero-order valence-corrected chi connectivity index (χ0v) is 14.4. The molecule has 0 spiro atoms. The molecule has 1 N–H and O–H groups in total. The Hall–Kier alpha value is -2.24. The molecule has 0 amide bonds. The molecule has 2 heterocycles. The van der Waals surface area contributed by atoms with Gasteiger partial charge < -0.3 is 9.63 Å². The third-order valence-corrected chi connectivity index (χ3v) is 5.03. The molecule has 6 heteroatoms. The Bertz CT molecular complexity index is 666. The van der Waals surface area contributed by atoms with Gasteiger partial charge in [-0.15, -0.1) is 0 Å². The van der Waals surface area contributed by atoms with Crippen LogP contribution in [0.2, 0.25) is 0 Å². The maximum Gasteiger partial charge on any atom is 0.304 e. The molecule has 0 saturated heterocycles. The van der Waals surface area contributed by atoms with Crippen molar-refractivity contribution in [2.45, 2.75) is 63.7 Å². The lowest BCUT2D eigenvalue weighted by molar-refractivity contribution is -0.137. The molecule has 1 fully saturated rings. The van der Waals surface area contributed by atoms with Crippen LogP contribution in [0.5, 0.6) is 0 Å². The van der Waals surface area contributed by atoms with E-state index in [1.54, 1.807) is 18.5 Å². The van der Waals surface area contributed by atoms with Gasteiger partial charge in [-0.1, -0.05) is 50.1 Å². The van der Waals surface area contributed by atoms with Crippen molar-refractivity contribution in [2.75, 3.05) is 0 Å². The van der Waals surface area contributed by atoms with E-state index in [0.717, 1.165) is 24.3 Å². The summed E-state index contributed by atoms with van der Waals surface area (Å²) in [5, 5.41) is 13.3. The minimum atomic E-state index is -0.824. The van der Waals surface area contributed by atoms with Gasteiger partial charge in [0.15, 0.2) is 5.82 Å². The third kappa shape index (κ3) is 5.11. The Morgan fingerprint density at radius 3 is 2.88 bits per heavy atom. The molecule has 1 aliphatic carbocycles. The van der Waals surface area contributed by atoms with Gasteiger partial charge in [0, 0.05) is 18.3 Å². The Balaban J connectivity index is 1.62. The van der Waals surface area contributed by atoms with Gasteiger partial charge in [-0.3, -0.25) is 9.78 Å². The molecule has 134 valence electrons. The molecular formula is C19H25N3O3. The van der Waals surface area contributed by atoms with E-state index in [9.17, 15) is 9.90 Å². The summed E-state index contributed by atoms with van der Waals surface area (Å²) >= 11 is 0. The fourth-order valence-electron chi connectivity index (χ4n) is 3.67. The topological polar surface area (TPSA) is 89.1 Å². The largest absolute Gasteiger partial charge is 0.481 e. The molecule has 0 radical (unpaired) electrons. The van der Waals surface area contributed by atoms with E-state index >= 15 is 0 Å². The minimum Gasteiger partial charge on any atom is -0.481 e. The van der Waals surface area contributed by atoms with E-state index in [0.29, 0.717) is 11.7 Å². The van der Waals surface area contributed by atoms with Gasteiger partial charge in [0.05, 0.1) is 12.0 Å². The van der Waals surface area contributed by atoms with Crippen molar-refractivity contribution in [2.24, 2.45) is 5.92 Å². The van der Waals surface area contributed by atoms with Crippen LogP contribution in [0.15, 0.2) is 29.0 Å². The molecule has 3 rings (SSSR count). The first-order valence-electron chi connectivity index (χ1n) is 9.18. The molecule has 2 aromatic heterocycles. The summed E-state index contributed by atoms with van der Waals surface area (Å²) in [7, 11) is 0. The number of carboxylic acid groups (broad SMARTS) is 1. The van der Waals surface area contributed by atoms with Crippen LogP contribution in [0.25, 0.3) is 11.5 Å². The van der Waals surface area contributed by atoms with Gasteiger partial charge in [0.25, 0.3) is 5.89 Å². The lowest BCUT2D eigenvalue weighted by Gasteiger charge is -2.22. The maximum atomic E-state index is 11.2. The number of aromatic nitrogens is 3. The Labute approximate surface area is 147 Å². The van der Waals surface area contributed by atoms with E-state index in [1.807, 2.05) is 6.07 Å². The summed E-state index contributed by atoms with van der Waals surface area (Å²) in [6.07, 6.45) is 13.0. The van der Waals surface area contributed by atoms with E-state index < -0.39 is 5.97 Å². The first kappa shape index (κ1) is 17.6. The van der Waals surface area contributed by atoms with Crippen molar-refractivity contribution < 1.29 is 14.4 Å². The van der Waals surface area contributed by atoms with Gasteiger partial charge >= 0.3 is 5.97 Å². The number of carboxylic acids is 1. The van der Waals surface area contributed by atoms with Gasteiger partial charge in [0.2, 0.25) is 0 Å². The molecule has 1 atom stereocenters. The van der Waals surface area contributed by atoms with Crippen LogP contribution in [-0.4, -0.2) is 26.2 Å². The highest BCUT2D eigenvalue weighted by molar-refractivity contribution is 5.67. The molecule has 0 unspecified atom stereocenters. The van der Waals surface area contributed by atoms with E-state index in [1.165, 1.54) is 38.5 Å². The monoisotopic (exact) mass is 343 g/mol. The summed E-state index contributed by atoms with van der Waals surface area (Å²) in [5.74, 6) is 0.664. The first-order valence-corrected chi connectivity index (χ1v) is 9.18. The SMILES string of the molecule is O=C(O)C[C@@H](CCCC1CCCCC1)c1noc(-c2cccnc2)n1. The van der Waals surface area contributed by atoms with Crippen molar-refractivity contribution in [1.29, 1.82) is 0 Å². The average Bonchev–Trinajstić information content (AvgIpc) is 3.12. The Kier molecular flexibility index (Phi) is 6.14. The standard InChI is InChI=1S/C19H25N3O3/c23-17(24)12-15(9-4-8-14-6-2-1-3-7-14)18-21-19(25-22-18)16-10-5-11-20-13-16/h5,10-11,13-15H,1-4,6-9,12H2,(H,23,24)/t15-/m1/s1. The number of hydrogen-bond acceptors (Lipinski definition) is 5. The molecule has 6 nitrogen and oxygen atoms in total. The second-order valence-electron chi connectivity index (χ2n) is 6.93. The lowest BCUT2D eigenvalue weighted by Crippen LogP contribution is -2.10. The molecule has 1 aliphatic rings. The number of rotatable bonds is 8. The normalized spacial score (nSPS) is 16.6. The predicted molar refractivity (Wildman–Crippen MR) is 92.9 cm³/mol. The second-order valence-corrected chi connectivity index (χ2v) is 6.93. The Morgan fingerprint density at radius 2 is 2.16 bits per heavy atom. The molecule has 0 aliphatic heterocycles. The van der Waals surface area contributed by atoms with Crippen LogP contribution in [-0.2, 0) is 4.79 Å². The smallest absolute Gasteiger partial charge is 0.304 e. The van der Waals surface area contributed by atoms with Crippen LogP contribution in [0.1, 0.15) is 69.5 Å². The van der Waals surface area contributed by atoms with Crippen molar-refractivity contribution >= 4 is 5.97 Å². The molecular weight excluding hydrogens is 318 g/mol.